The Labute approximate surface area is 397 Å². The van der Waals surface area contributed by atoms with E-state index in [1.165, 1.54) is 20.0 Å². The standard InChI is InChI=1S/C29H26BrN5O3.C20H22BrN3O4/c30-19-12-18-16-34(29(38)32-7-3-1-4-8-32)11-10-33-17-21(20(13-19)28(18)33)26-23(36)14-24(37)27(26)22-15-31-25-6-2-5-9-35(22)25;1-28-19(26)18(25)16-12-23-7-8-24(20(27)22-5-3-2-4-6-22)11-13-9-14(21)10-15(16)17(13)23/h2,5-6,9,12-13,15,17H,1,3-4,7-8,10-11,14,16H2;9-10,12H,2-8,11H2,1H3. The van der Waals surface area contributed by atoms with E-state index in [2.05, 4.69) is 52.2 Å². The number of carbonyl (C=O) groups excluding carboxylic acids is 6. The monoisotopic (exact) mass is 1020 g/mol. The molecule has 15 nitrogen and oxygen atoms in total. The Hall–Kier alpha value is -6.07. The van der Waals surface area contributed by atoms with Crippen molar-refractivity contribution < 1.29 is 33.5 Å². The Balaban J connectivity index is 0.000000163. The zero-order valence-electron chi connectivity index (χ0n) is 36.6. The molecule has 340 valence electrons. The number of allylic oxidation sites excluding steroid dienone is 2. The van der Waals surface area contributed by atoms with E-state index >= 15 is 0 Å². The molecule has 66 heavy (non-hydrogen) atoms. The summed E-state index contributed by atoms with van der Waals surface area (Å²) >= 11 is 7.17. The maximum absolute atomic E-state index is 13.4. The summed E-state index contributed by atoms with van der Waals surface area (Å²) in [5.41, 5.74) is 7.21. The smallest absolute Gasteiger partial charge is 0.379 e. The molecule has 8 heterocycles. The number of Topliss-reactive ketones (excluding diaryl/α,β-unsaturated/α-hetero) is 3. The predicted octanol–water partition coefficient (Wildman–Crippen LogP) is 8.11. The molecule has 4 aliphatic heterocycles. The number of esters is 1. The summed E-state index contributed by atoms with van der Waals surface area (Å²) in [7, 11) is 1.20. The number of ketones is 3. The van der Waals surface area contributed by atoms with Crippen LogP contribution in [-0.4, -0.2) is 120 Å². The first kappa shape index (κ1) is 43.8. The van der Waals surface area contributed by atoms with Gasteiger partial charge in [0, 0.05) is 115 Å². The number of urea groups is 2. The Morgan fingerprint density at radius 3 is 1.80 bits per heavy atom. The molecule has 6 aromatic rings. The van der Waals surface area contributed by atoms with Gasteiger partial charge in [-0.2, -0.15) is 0 Å². The number of ether oxygens (including phenoxy) is 1. The van der Waals surface area contributed by atoms with Gasteiger partial charge in [0.25, 0.3) is 5.78 Å². The number of benzene rings is 2. The van der Waals surface area contributed by atoms with Crippen LogP contribution in [0, 0.1) is 0 Å². The lowest BCUT2D eigenvalue weighted by Crippen LogP contribution is -2.45. The van der Waals surface area contributed by atoms with Gasteiger partial charge in [0.2, 0.25) is 0 Å². The number of piperidine rings is 2. The molecule has 2 fully saturated rings. The third-order valence-electron chi connectivity index (χ3n) is 13.5. The number of hydrogen-bond donors (Lipinski definition) is 0. The van der Waals surface area contributed by atoms with Crippen LogP contribution >= 0.6 is 31.9 Å². The fraction of sp³-hybridized carbons (Fsp3) is 0.367. The van der Waals surface area contributed by atoms with E-state index in [-0.39, 0.29) is 30.0 Å². The van der Waals surface area contributed by atoms with Gasteiger partial charge < -0.3 is 33.5 Å². The molecule has 17 heteroatoms. The van der Waals surface area contributed by atoms with Gasteiger partial charge in [-0.25, -0.2) is 19.4 Å². The Morgan fingerprint density at radius 2 is 1.20 bits per heavy atom. The summed E-state index contributed by atoms with van der Waals surface area (Å²) in [6.07, 6.45) is 13.7. The summed E-state index contributed by atoms with van der Waals surface area (Å²) < 4.78 is 12.3. The lowest BCUT2D eigenvalue weighted by Gasteiger charge is -2.32. The van der Waals surface area contributed by atoms with Crippen molar-refractivity contribution in [3.8, 4) is 0 Å². The number of likely N-dealkylation sites (tertiary alicyclic amines) is 2. The Kier molecular flexibility index (Phi) is 11.9. The van der Waals surface area contributed by atoms with Gasteiger partial charge >= 0.3 is 18.0 Å². The van der Waals surface area contributed by atoms with E-state index in [1.807, 2.05) is 77.4 Å². The van der Waals surface area contributed by atoms with E-state index in [0.717, 1.165) is 99.6 Å². The van der Waals surface area contributed by atoms with Crippen molar-refractivity contribution in [2.24, 2.45) is 0 Å². The number of fused-ring (bicyclic) bond motifs is 1. The summed E-state index contributed by atoms with van der Waals surface area (Å²) in [5, 5.41) is 1.61. The maximum atomic E-state index is 13.4. The van der Waals surface area contributed by atoms with E-state index < -0.39 is 11.8 Å². The molecule has 1 aliphatic carbocycles. The van der Waals surface area contributed by atoms with E-state index in [4.69, 9.17) is 0 Å². The Morgan fingerprint density at radius 1 is 0.636 bits per heavy atom. The molecule has 0 N–H and O–H groups in total. The van der Waals surface area contributed by atoms with Gasteiger partial charge in [-0.1, -0.05) is 37.9 Å². The highest BCUT2D eigenvalue weighted by atomic mass is 79.9. The molecule has 0 saturated carbocycles. The number of halogens is 2. The van der Waals surface area contributed by atoms with Crippen molar-refractivity contribution in [2.75, 3.05) is 46.4 Å². The minimum atomic E-state index is -0.875. The lowest BCUT2D eigenvalue weighted by molar-refractivity contribution is -0.135. The second-order valence-electron chi connectivity index (χ2n) is 17.6. The molecule has 0 atom stereocenters. The van der Waals surface area contributed by atoms with Crippen molar-refractivity contribution in [3.63, 3.8) is 0 Å². The fourth-order valence-corrected chi connectivity index (χ4v) is 11.4. The number of rotatable bonds is 4. The minimum absolute atomic E-state index is 0.0736. The van der Waals surface area contributed by atoms with E-state index in [1.54, 1.807) is 12.4 Å². The normalized spacial score (nSPS) is 17.6. The highest BCUT2D eigenvalue weighted by molar-refractivity contribution is 9.10. The fourth-order valence-electron chi connectivity index (χ4n) is 10.4. The zero-order valence-corrected chi connectivity index (χ0v) is 39.7. The molecule has 0 unspecified atom stereocenters. The first-order chi connectivity index (χ1) is 32.0. The molecular weight excluding hydrogens is 972 g/mol. The number of nitrogens with zero attached hydrogens (tertiary/aromatic N) is 8. The summed E-state index contributed by atoms with van der Waals surface area (Å²) in [4.78, 5) is 89.3. The molecule has 2 aromatic carbocycles. The van der Waals surface area contributed by atoms with Gasteiger partial charge in [-0.15, -0.1) is 0 Å². The van der Waals surface area contributed by atoms with E-state index in [0.29, 0.717) is 67.1 Å². The zero-order chi connectivity index (χ0) is 45.8. The van der Waals surface area contributed by atoms with Crippen LogP contribution in [0.25, 0.3) is 38.6 Å². The van der Waals surface area contributed by atoms with Gasteiger partial charge in [0.15, 0.2) is 11.6 Å². The van der Waals surface area contributed by atoms with Crippen LogP contribution in [0.4, 0.5) is 9.59 Å². The van der Waals surface area contributed by atoms with Crippen LogP contribution in [0.15, 0.2) is 76.2 Å². The summed E-state index contributed by atoms with van der Waals surface area (Å²) in [5.74, 6) is -1.88. The van der Waals surface area contributed by atoms with Crippen molar-refractivity contribution in [1.29, 1.82) is 0 Å². The van der Waals surface area contributed by atoms with Crippen LogP contribution in [0.2, 0.25) is 0 Å². The number of amides is 4. The van der Waals surface area contributed by atoms with Crippen LogP contribution in [-0.2, 0) is 45.3 Å². The summed E-state index contributed by atoms with van der Waals surface area (Å²) in [6, 6.07) is 13.7. The number of pyridine rings is 1. The van der Waals surface area contributed by atoms with Gasteiger partial charge in [0.1, 0.15) is 5.65 Å². The van der Waals surface area contributed by atoms with Crippen molar-refractivity contribution in [2.45, 2.75) is 71.1 Å². The average Bonchev–Trinajstić information content (AvgIpc) is 4.03. The van der Waals surface area contributed by atoms with Gasteiger partial charge in [-0.3, -0.25) is 18.8 Å². The molecule has 2 saturated heterocycles. The number of imidazole rings is 1. The first-order valence-corrected chi connectivity index (χ1v) is 24.1. The second kappa shape index (κ2) is 18.0. The molecule has 11 rings (SSSR count). The van der Waals surface area contributed by atoms with Crippen LogP contribution < -0.4 is 0 Å². The van der Waals surface area contributed by atoms with Gasteiger partial charge in [-0.05, 0) is 86.1 Å². The maximum Gasteiger partial charge on any atom is 0.379 e. The predicted molar refractivity (Wildman–Crippen MR) is 255 cm³/mol. The SMILES string of the molecule is COC(=O)C(=O)c1cn2c3c(cc(Br)cc13)CN(C(=O)N1CCCCC1)CC2.O=C1CC(=O)C(c2cnc3ccccn23)=C1c1cn2c3c(cc(Br)cc13)CN(C(=O)N1CCCCC1)CC2. The van der Waals surface area contributed by atoms with Gasteiger partial charge in [0.05, 0.1) is 47.6 Å². The molecule has 0 spiro atoms. The highest BCUT2D eigenvalue weighted by Crippen LogP contribution is 2.42. The lowest BCUT2D eigenvalue weighted by atomic mass is 9.98. The topological polar surface area (TPSA) is 152 Å². The minimum Gasteiger partial charge on any atom is -0.463 e. The Bertz CT molecular complexity index is 3040. The van der Waals surface area contributed by atoms with Crippen LogP contribution in [0.1, 0.15) is 77.7 Å². The molecule has 4 amide bonds. The molecule has 4 aromatic heterocycles. The number of methoxy groups -OCH3 is 1. The largest absolute Gasteiger partial charge is 0.463 e. The number of hydrogen-bond acceptors (Lipinski definition) is 8. The first-order valence-electron chi connectivity index (χ1n) is 22.6. The number of aromatic nitrogens is 4. The molecule has 0 bridgehead atoms. The van der Waals surface area contributed by atoms with Crippen LogP contribution in [0.3, 0.4) is 0 Å². The third kappa shape index (κ3) is 7.92. The summed E-state index contributed by atoms with van der Waals surface area (Å²) in [6.45, 7) is 6.55. The highest BCUT2D eigenvalue weighted by Gasteiger charge is 2.37. The number of carbonyl (C=O) groups is 6. The quantitative estimate of drug-likeness (QED) is 0.0744. The molecule has 0 radical (unpaired) electrons. The van der Waals surface area contributed by atoms with E-state index in [9.17, 15) is 28.8 Å². The van der Waals surface area contributed by atoms with Crippen molar-refractivity contribution >= 4 is 106 Å². The van der Waals surface area contributed by atoms with Crippen molar-refractivity contribution in [1.82, 2.24) is 38.1 Å². The molecule has 5 aliphatic rings. The molecular formula is C49H48Br2N8O7. The second-order valence-corrected chi connectivity index (χ2v) is 19.4. The third-order valence-corrected chi connectivity index (χ3v) is 14.4. The average molecular weight is 1020 g/mol. The van der Waals surface area contributed by atoms with Crippen molar-refractivity contribution in [3.05, 3.63) is 104 Å². The van der Waals surface area contributed by atoms with Crippen LogP contribution in [0.5, 0.6) is 0 Å².